The minimum absolute atomic E-state index is 0.0761. The topological polar surface area (TPSA) is 101 Å². The van der Waals surface area contributed by atoms with Gasteiger partial charge in [-0.15, -0.1) is 0 Å². The predicted octanol–water partition coefficient (Wildman–Crippen LogP) is 1.43. The third-order valence-corrected chi connectivity index (χ3v) is 4.43. The van der Waals surface area contributed by atoms with E-state index in [4.69, 9.17) is 17.3 Å². The number of hydrogen-bond acceptors (Lipinski definition) is 4. The smallest absolute Gasteiger partial charge is 0.241 e. The summed E-state index contributed by atoms with van der Waals surface area (Å²) in [6.07, 6.45) is 1.48. The minimum Gasteiger partial charge on any atom is -0.384 e. The molecule has 1 aromatic heterocycles. The van der Waals surface area contributed by atoms with E-state index < -0.39 is 10.0 Å². The SMILES string of the molecule is Cc1cc(Cl)ccc1S(=O)(=O)NCc1cn[nH]c1N. The summed E-state index contributed by atoms with van der Waals surface area (Å²) in [7, 11) is -3.61. The number of halogens is 1. The van der Waals surface area contributed by atoms with Crippen LogP contribution in [-0.2, 0) is 16.6 Å². The third kappa shape index (κ3) is 3.06. The van der Waals surface area contributed by atoms with E-state index in [1.54, 1.807) is 13.0 Å². The zero-order valence-electron chi connectivity index (χ0n) is 10.1. The van der Waals surface area contributed by atoms with Gasteiger partial charge in [0, 0.05) is 17.1 Å². The second-order valence-electron chi connectivity index (χ2n) is 4.04. The first-order chi connectivity index (χ1) is 8.90. The van der Waals surface area contributed by atoms with Crippen LogP contribution in [-0.4, -0.2) is 18.6 Å². The summed E-state index contributed by atoms with van der Waals surface area (Å²) < 4.78 is 26.8. The zero-order chi connectivity index (χ0) is 14.0. The van der Waals surface area contributed by atoms with Crippen molar-refractivity contribution in [2.24, 2.45) is 0 Å². The second kappa shape index (κ2) is 5.20. The first kappa shape index (κ1) is 13.9. The summed E-state index contributed by atoms with van der Waals surface area (Å²) in [6, 6.07) is 4.61. The Hall–Kier alpha value is -1.57. The fraction of sp³-hybridized carbons (Fsp3) is 0.182. The molecular weight excluding hydrogens is 288 g/mol. The van der Waals surface area contributed by atoms with Crippen molar-refractivity contribution in [2.45, 2.75) is 18.4 Å². The highest BCUT2D eigenvalue weighted by Crippen LogP contribution is 2.20. The highest BCUT2D eigenvalue weighted by molar-refractivity contribution is 7.89. The summed E-state index contributed by atoms with van der Waals surface area (Å²) in [4.78, 5) is 0.193. The number of hydrogen-bond donors (Lipinski definition) is 3. The first-order valence-electron chi connectivity index (χ1n) is 5.43. The number of rotatable bonds is 4. The van der Waals surface area contributed by atoms with Crippen LogP contribution in [0.3, 0.4) is 0 Å². The number of nitrogens with one attached hydrogen (secondary N) is 2. The van der Waals surface area contributed by atoms with Gasteiger partial charge in [0.2, 0.25) is 10.0 Å². The van der Waals surface area contributed by atoms with Gasteiger partial charge in [0.05, 0.1) is 11.1 Å². The number of aromatic amines is 1. The molecule has 8 heteroatoms. The van der Waals surface area contributed by atoms with Crippen molar-refractivity contribution in [3.63, 3.8) is 0 Å². The molecule has 0 atom stereocenters. The van der Waals surface area contributed by atoms with E-state index in [0.717, 1.165) is 0 Å². The zero-order valence-corrected chi connectivity index (χ0v) is 11.7. The number of nitrogen functional groups attached to an aromatic ring is 1. The van der Waals surface area contributed by atoms with E-state index >= 15 is 0 Å². The number of benzene rings is 1. The monoisotopic (exact) mass is 300 g/mol. The first-order valence-corrected chi connectivity index (χ1v) is 7.30. The Kier molecular flexibility index (Phi) is 3.79. The Morgan fingerprint density at radius 2 is 2.21 bits per heavy atom. The summed E-state index contributed by atoms with van der Waals surface area (Å²) in [5.74, 6) is 0.343. The van der Waals surface area contributed by atoms with Crippen molar-refractivity contribution in [3.05, 3.63) is 40.5 Å². The molecule has 0 saturated heterocycles. The van der Waals surface area contributed by atoms with E-state index in [9.17, 15) is 8.42 Å². The van der Waals surface area contributed by atoms with Crippen LogP contribution < -0.4 is 10.5 Å². The lowest BCUT2D eigenvalue weighted by Crippen LogP contribution is -2.24. The molecule has 2 aromatic rings. The van der Waals surface area contributed by atoms with Crippen LogP contribution in [0.2, 0.25) is 5.02 Å². The number of nitrogens with zero attached hydrogens (tertiary/aromatic N) is 1. The van der Waals surface area contributed by atoms with Gasteiger partial charge in [-0.3, -0.25) is 5.10 Å². The number of aryl methyl sites for hydroxylation is 1. The molecule has 0 unspecified atom stereocenters. The largest absolute Gasteiger partial charge is 0.384 e. The second-order valence-corrected chi connectivity index (χ2v) is 6.22. The van der Waals surface area contributed by atoms with Crippen LogP contribution in [0.1, 0.15) is 11.1 Å². The summed E-state index contributed by atoms with van der Waals surface area (Å²) in [5.41, 5.74) is 6.76. The Labute approximate surface area is 116 Å². The molecule has 0 aliphatic heterocycles. The molecule has 1 heterocycles. The van der Waals surface area contributed by atoms with Gasteiger partial charge in [-0.25, -0.2) is 13.1 Å². The molecule has 102 valence electrons. The summed E-state index contributed by atoms with van der Waals surface area (Å²) in [5, 5.41) is 6.76. The predicted molar refractivity (Wildman–Crippen MR) is 73.2 cm³/mol. The van der Waals surface area contributed by atoms with Gasteiger partial charge < -0.3 is 5.73 Å². The van der Waals surface area contributed by atoms with Crippen LogP contribution in [0, 0.1) is 6.92 Å². The number of anilines is 1. The third-order valence-electron chi connectivity index (χ3n) is 2.63. The summed E-state index contributed by atoms with van der Waals surface area (Å²) in [6.45, 7) is 1.76. The van der Waals surface area contributed by atoms with E-state index in [1.807, 2.05) is 0 Å². The van der Waals surface area contributed by atoms with E-state index in [1.165, 1.54) is 18.3 Å². The van der Waals surface area contributed by atoms with Gasteiger partial charge in [-0.1, -0.05) is 11.6 Å². The molecule has 19 heavy (non-hydrogen) atoms. The number of aromatic nitrogens is 2. The number of H-pyrrole nitrogens is 1. The molecule has 0 saturated carbocycles. The Bertz CT molecular complexity index is 696. The van der Waals surface area contributed by atoms with Crippen molar-refractivity contribution in [3.8, 4) is 0 Å². The maximum atomic E-state index is 12.1. The average molecular weight is 301 g/mol. The van der Waals surface area contributed by atoms with Gasteiger partial charge in [0.25, 0.3) is 0 Å². The van der Waals surface area contributed by atoms with E-state index in [2.05, 4.69) is 14.9 Å². The molecular formula is C11H13ClN4O2S. The fourth-order valence-electron chi connectivity index (χ4n) is 1.63. The molecule has 0 spiro atoms. The van der Waals surface area contributed by atoms with Gasteiger partial charge in [-0.05, 0) is 30.7 Å². The molecule has 0 bridgehead atoms. The van der Waals surface area contributed by atoms with E-state index in [-0.39, 0.29) is 11.4 Å². The van der Waals surface area contributed by atoms with Crippen LogP contribution in [0.25, 0.3) is 0 Å². The molecule has 2 rings (SSSR count). The van der Waals surface area contributed by atoms with Gasteiger partial charge in [0.1, 0.15) is 5.82 Å². The number of nitrogens with two attached hydrogens (primary N) is 1. The van der Waals surface area contributed by atoms with Crippen molar-refractivity contribution < 1.29 is 8.42 Å². The molecule has 0 amide bonds. The van der Waals surface area contributed by atoms with Crippen LogP contribution >= 0.6 is 11.6 Å². The summed E-state index contributed by atoms with van der Waals surface area (Å²) >= 11 is 5.80. The van der Waals surface area contributed by atoms with Crippen molar-refractivity contribution in [1.82, 2.24) is 14.9 Å². The lowest BCUT2D eigenvalue weighted by atomic mass is 10.2. The van der Waals surface area contributed by atoms with Crippen LogP contribution in [0.4, 0.5) is 5.82 Å². The van der Waals surface area contributed by atoms with E-state index in [0.29, 0.717) is 22.0 Å². The van der Waals surface area contributed by atoms with Crippen LogP contribution in [0.5, 0.6) is 0 Å². The lowest BCUT2D eigenvalue weighted by Gasteiger charge is -2.09. The quantitative estimate of drug-likeness (QED) is 0.795. The Morgan fingerprint density at radius 3 is 2.79 bits per heavy atom. The van der Waals surface area contributed by atoms with Crippen molar-refractivity contribution in [1.29, 1.82) is 0 Å². The van der Waals surface area contributed by atoms with Crippen molar-refractivity contribution >= 4 is 27.4 Å². The molecule has 0 aliphatic rings. The molecule has 4 N–H and O–H groups in total. The molecule has 1 aromatic carbocycles. The van der Waals surface area contributed by atoms with Crippen LogP contribution in [0.15, 0.2) is 29.3 Å². The maximum Gasteiger partial charge on any atom is 0.241 e. The normalized spacial score (nSPS) is 11.7. The molecule has 6 nitrogen and oxygen atoms in total. The highest BCUT2D eigenvalue weighted by Gasteiger charge is 2.17. The molecule has 0 fully saturated rings. The maximum absolute atomic E-state index is 12.1. The van der Waals surface area contributed by atoms with Gasteiger partial charge in [-0.2, -0.15) is 5.10 Å². The number of sulfonamides is 1. The Morgan fingerprint density at radius 1 is 1.47 bits per heavy atom. The molecule has 0 radical (unpaired) electrons. The standard InChI is InChI=1S/C11H13ClN4O2S/c1-7-4-9(12)2-3-10(7)19(17,18)15-6-8-5-14-16-11(8)13/h2-5,15H,6H2,1H3,(H3,13,14,16). The van der Waals surface area contributed by atoms with Crippen molar-refractivity contribution in [2.75, 3.05) is 5.73 Å². The molecule has 0 aliphatic carbocycles. The average Bonchev–Trinajstić information content (AvgIpc) is 2.72. The van der Waals surface area contributed by atoms with Gasteiger partial charge in [0.15, 0.2) is 0 Å². The van der Waals surface area contributed by atoms with Gasteiger partial charge >= 0.3 is 0 Å². The highest BCUT2D eigenvalue weighted by atomic mass is 35.5. The fourth-order valence-corrected chi connectivity index (χ4v) is 3.08. The minimum atomic E-state index is -3.61. The Balaban J connectivity index is 2.21. The lowest BCUT2D eigenvalue weighted by molar-refractivity contribution is 0.581.